The molecule has 0 aromatic heterocycles. The van der Waals surface area contributed by atoms with Crippen molar-refractivity contribution >= 4 is 21.6 Å². The Balaban J connectivity index is 2.57. The maximum atomic E-state index is 9.50. The highest BCUT2D eigenvalue weighted by Gasteiger charge is 2.14. The summed E-state index contributed by atoms with van der Waals surface area (Å²) < 4.78 is 1.09. The minimum Gasteiger partial charge on any atom is -0.506 e. The zero-order valence-electron chi connectivity index (χ0n) is 6.60. The van der Waals surface area contributed by atoms with Crippen molar-refractivity contribution in [3.63, 3.8) is 0 Å². The number of hydrogen-bond acceptors (Lipinski definition) is 2. The van der Waals surface area contributed by atoms with Crippen LogP contribution in [0.1, 0.15) is 12.0 Å². The van der Waals surface area contributed by atoms with Gasteiger partial charge in [-0.15, -0.1) is 0 Å². The van der Waals surface area contributed by atoms with Crippen LogP contribution in [0.5, 0.6) is 5.75 Å². The average molecular weight is 228 g/mol. The SMILES string of the molecule is Oc1ccc(Br)c2c1NCCC2. The van der Waals surface area contributed by atoms with Crippen molar-refractivity contribution in [2.45, 2.75) is 12.8 Å². The van der Waals surface area contributed by atoms with Crippen LogP contribution in [-0.4, -0.2) is 11.7 Å². The van der Waals surface area contributed by atoms with Gasteiger partial charge in [-0.1, -0.05) is 15.9 Å². The van der Waals surface area contributed by atoms with E-state index in [1.807, 2.05) is 6.07 Å². The minimum absolute atomic E-state index is 0.355. The molecule has 0 unspecified atom stereocenters. The van der Waals surface area contributed by atoms with E-state index in [2.05, 4.69) is 21.2 Å². The molecule has 1 aromatic carbocycles. The zero-order chi connectivity index (χ0) is 8.55. The number of fused-ring (bicyclic) bond motifs is 1. The van der Waals surface area contributed by atoms with Crippen LogP contribution in [0.4, 0.5) is 5.69 Å². The molecule has 0 radical (unpaired) electrons. The van der Waals surface area contributed by atoms with Crippen molar-refractivity contribution in [1.29, 1.82) is 0 Å². The van der Waals surface area contributed by atoms with Crippen LogP contribution in [0.25, 0.3) is 0 Å². The summed E-state index contributed by atoms with van der Waals surface area (Å²) in [5.41, 5.74) is 2.09. The van der Waals surface area contributed by atoms with Crippen molar-refractivity contribution in [3.05, 3.63) is 22.2 Å². The van der Waals surface area contributed by atoms with E-state index in [0.29, 0.717) is 5.75 Å². The number of nitrogens with one attached hydrogen (secondary N) is 1. The summed E-state index contributed by atoms with van der Waals surface area (Å²) in [6, 6.07) is 3.60. The predicted octanol–water partition coefficient (Wildman–Crippen LogP) is 2.51. The molecule has 64 valence electrons. The second kappa shape index (κ2) is 2.98. The summed E-state index contributed by atoms with van der Waals surface area (Å²) in [4.78, 5) is 0. The van der Waals surface area contributed by atoms with E-state index in [-0.39, 0.29) is 0 Å². The van der Waals surface area contributed by atoms with Crippen molar-refractivity contribution < 1.29 is 5.11 Å². The Morgan fingerprint density at radius 1 is 1.42 bits per heavy atom. The molecule has 2 N–H and O–H groups in total. The van der Waals surface area contributed by atoms with Crippen LogP contribution in [0.2, 0.25) is 0 Å². The van der Waals surface area contributed by atoms with Gasteiger partial charge in [-0.2, -0.15) is 0 Å². The molecule has 12 heavy (non-hydrogen) atoms. The highest BCUT2D eigenvalue weighted by atomic mass is 79.9. The van der Waals surface area contributed by atoms with Crippen LogP contribution >= 0.6 is 15.9 Å². The van der Waals surface area contributed by atoms with Gasteiger partial charge in [-0.05, 0) is 30.5 Å². The molecule has 2 nitrogen and oxygen atoms in total. The number of phenols is 1. The smallest absolute Gasteiger partial charge is 0.139 e. The Morgan fingerprint density at radius 2 is 2.25 bits per heavy atom. The second-order valence-electron chi connectivity index (χ2n) is 2.95. The van der Waals surface area contributed by atoms with Gasteiger partial charge in [0, 0.05) is 11.0 Å². The average Bonchev–Trinajstić information content (AvgIpc) is 2.12. The van der Waals surface area contributed by atoms with Crippen LogP contribution in [0.3, 0.4) is 0 Å². The summed E-state index contributed by atoms with van der Waals surface area (Å²) >= 11 is 3.47. The largest absolute Gasteiger partial charge is 0.506 e. The Morgan fingerprint density at radius 3 is 3.00 bits per heavy atom. The third-order valence-electron chi connectivity index (χ3n) is 2.14. The molecular formula is C9H10BrNO. The molecule has 1 heterocycles. The monoisotopic (exact) mass is 227 g/mol. The van der Waals surface area contributed by atoms with Crippen molar-refractivity contribution in [2.75, 3.05) is 11.9 Å². The molecule has 0 saturated heterocycles. The van der Waals surface area contributed by atoms with Gasteiger partial charge < -0.3 is 10.4 Å². The van der Waals surface area contributed by atoms with Gasteiger partial charge in [0.15, 0.2) is 0 Å². The summed E-state index contributed by atoms with van der Waals surface area (Å²) in [5, 5.41) is 12.7. The first-order valence-corrected chi connectivity index (χ1v) is 4.82. The molecule has 0 spiro atoms. The molecule has 0 aliphatic carbocycles. The molecule has 1 aromatic rings. The topological polar surface area (TPSA) is 32.3 Å². The molecular weight excluding hydrogens is 218 g/mol. The molecule has 2 rings (SSSR count). The van der Waals surface area contributed by atoms with E-state index >= 15 is 0 Å². The molecule has 0 fully saturated rings. The van der Waals surface area contributed by atoms with E-state index in [4.69, 9.17) is 0 Å². The fourth-order valence-corrected chi connectivity index (χ4v) is 2.06. The number of halogens is 1. The van der Waals surface area contributed by atoms with Crippen LogP contribution < -0.4 is 5.32 Å². The highest BCUT2D eigenvalue weighted by molar-refractivity contribution is 9.10. The first-order valence-electron chi connectivity index (χ1n) is 4.03. The lowest BCUT2D eigenvalue weighted by molar-refractivity contribution is 0.475. The molecule has 0 amide bonds. The summed E-state index contributed by atoms with van der Waals surface area (Å²) in [6.07, 6.45) is 2.17. The third-order valence-corrected chi connectivity index (χ3v) is 2.88. The van der Waals surface area contributed by atoms with Crippen molar-refractivity contribution in [1.82, 2.24) is 0 Å². The number of hydrogen-bond donors (Lipinski definition) is 2. The fraction of sp³-hybridized carbons (Fsp3) is 0.333. The number of benzene rings is 1. The Labute approximate surface area is 79.7 Å². The first-order chi connectivity index (χ1) is 5.79. The standard InChI is InChI=1S/C9H10BrNO/c10-7-3-4-8(12)9-6(7)2-1-5-11-9/h3-4,11-12H,1-2,5H2. The van der Waals surface area contributed by atoms with Gasteiger partial charge in [0.1, 0.15) is 5.75 Å². The Bertz CT molecular complexity index is 281. The van der Waals surface area contributed by atoms with Gasteiger partial charge in [0.2, 0.25) is 0 Å². The summed E-state index contributed by atoms with van der Waals surface area (Å²) in [5.74, 6) is 0.355. The summed E-state index contributed by atoms with van der Waals surface area (Å²) in [7, 11) is 0. The Kier molecular flexibility index (Phi) is 1.97. The lowest BCUT2D eigenvalue weighted by Crippen LogP contribution is -2.12. The van der Waals surface area contributed by atoms with E-state index in [1.165, 1.54) is 5.56 Å². The maximum Gasteiger partial charge on any atom is 0.139 e. The third kappa shape index (κ3) is 1.18. The predicted molar refractivity (Wildman–Crippen MR) is 52.6 cm³/mol. The highest BCUT2D eigenvalue weighted by Crippen LogP contribution is 2.35. The van der Waals surface area contributed by atoms with Crippen molar-refractivity contribution in [3.8, 4) is 5.75 Å². The first kappa shape index (κ1) is 7.92. The van der Waals surface area contributed by atoms with E-state index in [0.717, 1.165) is 29.5 Å². The molecule has 0 bridgehead atoms. The van der Waals surface area contributed by atoms with Gasteiger partial charge in [-0.3, -0.25) is 0 Å². The number of anilines is 1. The minimum atomic E-state index is 0.355. The van der Waals surface area contributed by atoms with E-state index in [9.17, 15) is 5.11 Å². The van der Waals surface area contributed by atoms with Crippen LogP contribution in [0.15, 0.2) is 16.6 Å². The quantitative estimate of drug-likeness (QED) is 0.668. The van der Waals surface area contributed by atoms with E-state index < -0.39 is 0 Å². The van der Waals surface area contributed by atoms with Crippen molar-refractivity contribution in [2.24, 2.45) is 0 Å². The van der Waals surface area contributed by atoms with Gasteiger partial charge >= 0.3 is 0 Å². The number of aromatic hydroxyl groups is 1. The van der Waals surface area contributed by atoms with E-state index in [1.54, 1.807) is 6.07 Å². The lowest BCUT2D eigenvalue weighted by Gasteiger charge is -2.19. The number of phenolic OH excluding ortho intramolecular Hbond substituents is 1. The zero-order valence-corrected chi connectivity index (χ0v) is 8.19. The van der Waals surface area contributed by atoms with Gasteiger partial charge in [0.25, 0.3) is 0 Å². The lowest BCUT2D eigenvalue weighted by atomic mass is 10.0. The molecule has 0 saturated carbocycles. The molecule has 1 aliphatic rings. The van der Waals surface area contributed by atoms with Crippen LogP contribution in [-0.2, 0) is 6.42 Å². The molecule has 0 atom stereocenters. The summed E-state index contributed by atoms with van der Waals surface area (Å²) in [6.45, 7) is 0.955. The molecule has 3 heteroatoms. The van der Waals surface area contributed by atoms with Crippen LogP contribution in [0, 0.1) is 0 Å². The van der Waals surface area contributed by atoms with Gasteiger partial charge in [-0.25, -0.2) is 0 Å². The van der Waals surface area contributed by atoms with Gasteiger partial charge in [0.05, 0.1) is 5.69 Å². The second-order valence-corrected chi connectivity index (χ2v) is 3.80. The Hall–Kier alpha value is -0.700. The number of rotatable bonds is 0. The normalized spacial score (nSPS) is 15.1. The molecule has 1 aliphatic heterocycles. The maximum absolute atomic E-state index is 9.50. The fourth-order valence-electron chi connectivity index (χ4n) is 1.53.